The van der Waals surface area contributed by atoms with E-state index in [0.717, 1.165) is 5.56 Å². The SMILES string of the molecule is Cc1ccc(O)c(C(=O)Nc2cccc([N+](=O)[O-])c2)c1. The number of carbonyl (C=O) groups excluding carboxylic acids is 1. The summed E-state index contributed by atoms with van der Waals surface area (Å²) in [5.41, 5.74) is 1.13. The molecule has 0 bridgehead atoms. The van der Waals surface area contributed by atoms with Gasteiger partial charge < -0.3 is 10.4 Å². The normalized spacial score (nSPS) is 10.1. The molecule has 2 N–H and O–H groups in total. The molecule has 0 atom stereocenters. The zero-order valence-corrected chi connectivity index (χ0v) is 10.7. The second-order valence-corrected chi connectivity index (χ2v) is 4.28. The fourth-order valence-electron chi connectivity index (χ4n) is 1.73. The summed E-state index contributed by atoms with van der Waals surface area (Å²) in [6, 6.07) is 10.3. The molecular weight excluding hydrogens is 260 g/mol. The van der Waals surface area contributed by atoms with Gasteiger partial charge in [0.05, 0.1) is 10.5 Å². The number of phenols is 1. The molecule has 6 nitrogen and oxygen atoms in total. The van der Waals surface area contributed by atoms with Crippen LogP contribution in [0, 0.1) is 17.0 Å². The number of aromatic hydroxyl groups is 1. The predicted octanol–water partition coefficient (Wildman–Crippen LogP) is 2.86. The van der Waals surface area contributed by atoms with E-state index in [-0.39, 0.29) is 17.0 Å². The van der Waals surface area contributed by atoms with E-state index in [9.17, 15) is 20.0 Å². The number of hydrogen-bond acceptors (Lipinski definition) is 4. The largest absolute Gasteiger partial charge is 0.507 e. The Labute approximate surface area is 114 Å². The first-order valence-corrected chi connectivity index (χ1v) is 5.83. The maximum Gasteiger partial charge on any atom is 0.271 e. The van der Waals surface area contributed by atoms with Crippen molar-refractivity contribution in [2.75, 3.05) is 5.32 Å². The Morgan fingerprint density at radius 1 is 1.25 bits per heavy atom. The van der Waals surface area contributed by atoms with Crippen LogP contribution in [-0.2, 0) is 0 Å². The van der Waals surface area contributed by atoms with E-state index in [0.29, 0.717) is 5.69 Å². The summed E-state index contributed by atoms with van der Waals surface area (Å²) in [5, 5.41) is 22.8. The predicted molar refractivity (Wildman–Crippen MR) is 73.9 cm³/mol. The number of anilines is 1. The molecule has 0 heterocycles. The number of carbonyl (C=O) groups is 1. The lowest BCUT2D eigenvalue weighted by Crippen LogP contribution is -2.12. The Morgan fingerprint density at radius 3 is 2.70 bits per heavy atom. The van der Waals surface area contributed by atoms with Crippen LogP contribution in [0.1, 0.15) is 15.9 Å². The lowest BCUT2D eigenvalue weighted by atomic mass is 10.1. The number of nitro benzene ring substituents is 1. The first-order valence-electron chi connectivity index (χ1n) is 5.83. The lowest BCUT2D eigenvalue weighted by Gasteiger charge is -2.07. The number of nitrogens with zero attached hydrogens (tertiary/aromatic N) is 1. The second-order valence-electron chi connectivity index (χ2n) is 4.28. The second kappa shape index (κ2) is 5.40. The van der Waals surface area contributed by atoms with E-state index in [1.807, 2.05) is 0 Å². The molecule has 0 saturated carbocycles. The quantitative estimate of drug-likeness (QED) is 0.663. The summed E-state index contributed by atoms with van der Waals surface area (Å²) >= 11 is 0. The molecule has 0 aliphatic heterocycles. The van der Waals surface area contributed by atoms with Crippen LogP contribution in [0.2, 0.25) is 0 Å². The molecule has 2 rings (SSSR count). The van der Waals surface area contributed by atoms with Gasteiger partial charge in [-0.1, -0.05) is 17.7 Å². The zero-order valence-electron chi connectivity index (χ0n) is 10.7. The van der Waals surface area contributed by atoms with Crippen LogP contribution >= 0.6 is 0 Å². The summed E-state index contributed by atoms with van der Waals surface area (Å²) in [6.45, 7) is 1.80. The summed E-state index contributed by atoms with van der Waals surface area (Å²) in [5.74, 6) is -0.662. The first kappa shape index (κ1) is 13.5. The number of aryl methyl sites for hydroxylation is 1. The van der Waals surface area contributed by atoms with Gasteiger partial charge in [0, 0.05) is 17.8 Å². The molecule has 102 valence electrons. The average Bonchev–Trinajstić information content (AvgIpc) is 2.41. The van der Waals surface area contributed by atoms with Gasteiger partial charge in [-0.25, -0.2) is 0 Å². The maximum atomic E-state index is 12.0. The first-order chi connectivity index (χ1) is 9.47. The van der Waals surface area contributed by atoms with Crippen molar-refractivity contribution in [1.29, 1.82) is 0 Å². The van der Waals surface area contributed by atoms with E-state index in [1.54, 1.807) is 19.1 Å². The molecule has 0 fully saturated rings. The molecule has 2 aromatic rings. The summed E-state index contributed by atoms with van der Waals surface area (Å²) in [7, 11) is 0. The highest BCUT2D eigenvalue weighted by atomic mass is 16.6. The van der Waals surface area contributed by atoms with E-state index < -0.39 is 10.8 Å². The van der Waals surface area contributed by atoms with Crippen molar-refractivity contribution in [1.82, 2.24) is 0 Å². The fraction of sp³-hybridized carbons (Fsp3) is 0.0714. The molecule has 0 aromatic heterocycles. The Bertz CT molecular complexity index is 683. The number of hydrogen-bond donors (Lipinski definition) is 2. The molecule has 2 aromatic carbocycles. The Morgan fingerprint density at radius 2 is 2.00 bits per heavy atom. The highest BCUT2D eigenvalue weighted by Gasteiger charge is 2.13. The third-order valence-corrected chi connectivity index (χ3v) is 2.71. The van der Waals surface area contributed by atoms with Crippen molar-refractivity contribution in [3.8, 4) is 5.75 Å². The van der Waals surface area contributed by atoms with Crippen molar-refractivity contribution < 1.29 is 14.8 Å². The smallest absolute Gasteiger partial charge is 0.271 e. The highest BCUT2D eigenvalue weighted by Crippen LogP contribution is 2.21. The van der Waals surface area contributed by atoms with E-state index in [4.69, 9.17) is 0 Å². The summed E-state index contributed by atoms with van der Waals surface area (Å²) in [4.78, 5) is 22.1. The summed E-state index contributed by atoms with van der Waals surface area (Å²) in [6.07, 6.45) is 0. The monoisotopic (exact) mass is 272 g/mol. The van der Waals surface area contributed by atoms with Gasteiger partial charge in [-0.15, -0.1) is 0 Å². The number of nitrogens with one attached hydrogen (secondary N) is 1. The highest BCUT2D eigenvalue weighted by molar-refractivity contribution is 6.06. The molecule has 1 amide bonds. The molecule has 0 spiro atoms. The molecule has 0 aliphatic rings. The van der Waals surface area contributed by atoms with Gasteiger partial charge in [-0.05, 0) is 25.1 Å². The molecule has 0 unspecified atom stereocenters. The molecule has 0 saturated heterocycles. The van der Waals surface area contributed by atoms with Crippen LogP contribution in [-0.4, -0.2) is 15.9 Å². The van der Waals surface area contributed by atoms with Gasteiger partial charge in [0.2, 0.25) is 0 Å². The number of phenolic OH excluding ortho intramolecular Hbond substituents is 1. The van der Waals surface area contributed by atoms with Crippen molar-refractivity contribution in [3.05, 3.63) is 63.7 Å². The fourth-order valence-corrected chi connectivity index (χ4v) is 1.73. The number of amides is 1. The molecule has 0 aliphatic carbocycles. The van der Waals surface area contributed by atoms with E-state index >= 15 is 0 Å². The third kappa shape index (κ3) is 2.92. The number of rotatable bonds is 3. The Balaban J connectivity index is 2.25. The van der Waals surface area contributed by atoms with Crippen molar-refractivity contribution in [2.45, 2.75) is 6.92 Å². The van der Waals surface area contributed by atoms with Crippen molar-refractivity contribution in [2.24, 2.45) is 0 Å². The van der Waals surface area contributed by atoms with Gasteiger partial charge in [0.1, 0.15) is 5.75 Å². The standard InChI is InChI=1S/C14H12N2O4/c1-9-5-6-13(17)12(7-9)14(18)15-10-3-2-4-11(8-10)16(19)20/h2-8,17H,1H3,(H,15,18). The molecular formula is C14H12N2O4. The minimum Gasteiger partial charge on any atom is -0.507 e. The van der Waals surface area contributed by atoms with Gasteiger partial charge in [-0.2, -0.15) is 0 Å². The number of nitro groups is 1. The minimum atomic E-state index is -0.542. The average molecular weight is 272 g/mol. The van der Waals surface area contributed by atoms with E-state index in [2.05, 4.69) is 5.32 Å². The van der Waals surface area contributed by atoms with Crippen LogP contribution in [0.15, 0.2) is 42.5 Å². The zero-order chi connectivity index (χ0) is 14.7. The number of non-ortho nitro benzene ring substituents is 1. The molecule has 6 heteroatoms. The van der Waals surface area contributed by atoms with Gasteiger partial charge in [0.25, 0.3) is 11.6 Å². The van der Waals surface area contributed by atoms with Crippen LogP contribution in [0.25, 0.3) is 0 Å². The maximum absolute atomic E-state index is 12.0. The molecule has 0 radical (unpaired) electrons. The van der Waals surface area contributed by atoms with Crippen LogP contribution in [0.5, 0.6) is 5.75 Å². The Hall–Kier alpha value is -2.89. The van der Waals surface area contributed by atoms with Gasteiger partial charge in [-0.3, -0.25) is 14.9 Å². The van der Waals surface area contributed by atoms with Crippen LogP contribution in [0.4, 0.5) is 11.4 Å². The van der Waals surface area contributed by atoms with E-state index in [1.165, 1.54) is 30.3 Å². The van der Waals surface area contributed by atoms with Gasteiger partial charge >= 0.3 is 0 Å². The summed E-state index contributed by atoms with van der Waals surface area (Å²) < 4.78 is 0. The minimum absolute atomic E-state index is 0.115. The molecule has 20 heavy (non-hydrogen) atoms. The third-order valence-electron chi connectivity index (χ3n) is 2.71. The van der Waals surface area contributed by atoms with Gasteiger partial charge in [0.15, 0.2) is 0 Å². The van der Waals surface area contributed by atoms with Crippen molar-refractivity contribution >= 4 is 17.3 Å². The van der Waals surface area contributed by atoms with Crippen LogP contribution in [0.3, 0.4) is 0 Å². The number of benzene rings is 2. The van der Waals surface area contributed by atoms with Crippen molar-refractivity contribution in [3.63, 3.8) is 0 Å². The topological polar surface area (TPSA) is 92.5 Å². The Kier molecular flexibility index (Phi) is 3.65. The van der Waals surface area contributed by atoms with Crippen LogP contribution < -0.4 is 5.32 Å². The lowest BCUT2D eigenvalue weighted by molar-refractivity contribution is -0.384.